The van der Waals surface area contributed by atoms with E-state index in [2.05, 4.69) is 19.0 Å². The minimum atomic E-state index is -1.50. The summed E-state index contributed by atoms with van der Waals surface area (Å²) in [6, 6.07) is 0. The largest absolute Gasteiger partial charge is 0.393 e. The molecule has 8 heteroatoms. The fourth-order valence-corrected chi connectivity index (χ4v) is 0.409. The van der Waals surface area contributed by atoms with Crippen LogP contribution in [0.25, 0.3) is 0 Å². The number of nitrogens with zero attached hydrogens (tertiary/aromatic N) is 2. The molecular weight excluding hydrogens is 192 g/mol. The van der Waals surface area contributed by atoms with Crippen molar-refractivity contribution in [1.29, 1.82) is 0 Å². The molecule has 0 saturated heterocycles. The van der Waals surface area contributed by atoms with Gasteiger partial charge in [-0.1, -0.05) is 13.8 Å². The number of rotatable bonds is 4. The highest BCUT2D eigenvalue weighted by molar-refractivity contribution is 5.74. The van der Waals surface area contributed by atoms with Crippen LogP contribution < -0.4 is 11.5 Å². The van der Waals surface area contributed by atoms with Crippen molar-refractivity contribution < 1.29 is 15.1 Å². The molecule has 0 fully saturated rings. The average molecular weight is 208 g/mol. The molecule has 5 N–H and O–H groups in total. The van der Waals surface area contributed by atoms with E-state index < -0.39 is 5.09 Å². The van der Waals surface area contributed by atoms with E-state index in [0.29, 0.717) is 12.5 Å². The lowest BCUT2D eigenvalue weighted by atomic mass is 10.1. The summed E-state index contributed by atoms with van der Waals surface area (Å²) >= 11 is 0. The van der Waals surface area contributed by atoms with Crippen molar-refractivity contribution in [2.24, 2.45) is 22.5 Å². The molecule has 0 rings (SSSR count). The monoisotopic (exact) mass is 208 g/mol. The molecule has 0 saturated carbocycles. The first-order valence-corrected chi connectivity index (χ1v) is 3.90. The van der Waals surface area contributed by atoms with Gasteiger partial charge in [0, 0.05) is 0 Å². The van der Waals surface area contributed by atoms with Crippen LogP contribution in [0.4, 0.5) is 0 Å². The highest BCUT2D eigenvalue weighted by atomic mass is 16.9. The van der Waals surface area contributed by atoms with Gasteiger partial charge < -0.3 is 21.5 Å². The van der Waals surface area contributed by atoms with Crippen LogP contribution in [0.5, 0.6) is 0 Å². The molecule has 0 aromatic rings. The molecule has 0 atom stereocenters. The molecule has 14 heavy (non-hydrogen) atoms. The molecule has 0 aliphatic heterocycles. The van der Waals surface area contributed by atoms with Crippen molar-refractivity contribution in [3.63, 3.8) is 0 Å². The van der Waals surface area contributed by atoms with E-state index in [-0.39, 0.29) is 5.96 Å². The van der Waals surface area contributed by atoms with Crippen LogP contribution in [-0.2, 0) is 4.84 Å². The molecule has 0 aliphatic rings. The smallest absolute Gasteiger partial charge is 0.291 e. The fraction of sp³-hybridized carbons (Fsp3) is 0.833. The van der Waals surface area contributed by atoms with E-state index in [1.54, 1.807) is 0 Å². The second-order valence-electron chi connectivity index (χ2n) is 2.77. The molecule has 0 unspecified atom stereocenters. The third kappa shape index (κ3) is 31.8. The Bertz CT molecular complexity index is 175. The van der Waals surface area contributed by atoms with Crippen LogP contribution in [0.1, 0.15) is 20.3 Å². The third-order valence-corrected chi connectivity index (χ3v) is 0.956. The maximum atomic E-state index is 8.36. The normalized spacial score (nSPS) is 8.50. The predicted octanol–water partition coefficient (Wildman–Crippen LogP) is -0.110. The molecular formula is C6H16N4O4. The Hall–Kier alpha value is -1.73. The minimum absolute atomic E-state index is 0.0243. The Labute approximate surface area is 81.6 Å². The van der Waals surface area contributed by atoms with Crippen LogP contribution in [0, 0.1) is 16.0 Å². The molecule has 0 heterocycles. The van der Waals surface area contributed by atoms with Crippen LogP contribution in [0.15, 0.2) is 5.16 Å². The first-order chi connectivity index (χ1) is 6.36. The van der Waals surface area contributed by atoms with E-state index >= 15 is 0 Å². The maximum Gasteiger partial charge on any atom is 0.291 e. The number of nitrogens with two attached hydrogens (primary N) is 2. The first-order valence-electron chi connectivity index (χ1n) is 3.90. The predicted molar refractivity (Wildman–Crippen MR) is 50.0 cm³/mol. The fourth-order valence-electron chi connectivity index (χ4n) is 0.409. The van der Waals surface area contributed by atoms with E-state index in [9.17, 15) is 0 Å². The number of oxime groups is 1. The van der Waals surface area contributed by atoms with Crippen LogP contribution in [0.3, 0.4) is 0 Å². The molecule has 0 amide bonds. The van der Waals surface area contributed by atoms with Gasteiger partial charge in [-0.3, -0.25) is 0 Å². The lowest BCUT2D eigenvalue weighted by Gasteiger charge is -2.01. The number of guanidine groups is 1. The Morgan fingerprint density at radius 1 is 1.64 bits per heavy atom. The zero-order valence-corrected chi connectivity index (χ0v) is 8.21. The van der Waals surface area contributed by atoms with Gasteiger partial charge in [-0.15, -0.1) is 10.1 Å². The topological polar surface area (TPSA) is 137 Å². The molecule has 0 radical (unpaired) electrons. The van der Waals surface area contributed by atoms with E-state index in [1.807, 2.05) is 0 Å². The number of hydrogen-bond donors (Lipinski definition) is 3. The lowest BCUT2D eigenvalue weighted by molar-refractivity contribution is -0.742. The SMILES string of the molecule is CC(C)CCON=C(N)N.O=[N+]([O-])O. The van der Waals surface area contributed by atoms with Gasteiger partial charge in [0.15, 0.2) is 0 Å². The molecule has 0 bridgehead atoms. The summed E-state index contributed by atoms with van der Waals surface area (Å²) in [5.74, 6) is 0.595. The second kappa shape index (κ2) is 9.36. The van der Waals surface area contributed by atoms with Crippen molar-refractivity contribution in [2.45, 2.75) is 20.3 Å². The quantitative estimate of drug-likeness (QED) is 0.194. The van der Waals surface area contributed by atoms with E-state index in [0.717, 1.165) is 6.42 Å². The van der Waals surface area contributed by atoms with Crippen molar-refractivity contribution in [1.82, 2.24) is 0 Å². The summed E-state index contributed by atoms with van der Waals surface area (Å²) in [7, 11) is 0. The van der Waals surface area contributed by atoms with Gasteiger partial charge in [0.05, 0.1) is 0 Å². The van der Waals surface area contributed by atoms with Gasteiger partial charge >= 0.3 is 0 Å². The van der Waals surface area contributed by atoms with Gasteiger partial charge in [0.2, 0.25) is 5.96 Å². The summed E-state index contributed by atoms with van der Waals surface area (Å²) in [4.78, 5) is 13.1. The third-order valence-electron chi connectivity index (χ3n) is 0.956. The van der Waals surface area contributed by atoms with Gasteiger partial charge in [-0.2, -0.15) is 0 Å². The highest BCUT2D eigenvalue weighted by Gasteiger charge is 1.92. The van der Waals surface area contributed by atoms with Gasteiger partial charge in [-0.05, 0) is 17.5 Å². The van der Waals surface area contributed by atoms with Crippen LogP contribution >= 0.6 is 0 Å². The van der Waals surface area contributed by atoms with E-state index in [1.165, 1.54) is 0 Å². The zero-order valence-electron chi connectivity index (χ0n) is 8.21. The first kappa shape index (κ1) is 14.8. The summed E-state index contributed by atoms with van der Waals surface area (Å²) in [6.45, 7) is 4.80. The molecule has 0 spiro atoms. The number of hydrogen-bond acceptors (Lipinski definition) is 4. The lowest BCUT2D eigenvalue weighted by Crippen LogP contribution is -2.22. The van der Waals surface area contributed by atoms with Gasteiger partial charge in [-0.25, -0.2) is 0 Å². The Kier molecular flexibility index (Phi) is 9.88. The molecule has 8 nitrogen and oxygen atoms in total. The molecule has 0 aromatic heterocycles. The summed E-state index contributed by atoms with van der Waals surface area (Å²) in [5.41, 5.74) is 10.0. The average Bonchev–Trinajstić information content (AvgIpc) is 1.96. The molecule has 84 valence electrons. The Balaban J connectivity index is 0. The van der Waals surface area contributed by atoms with Gasteiger partial charge in [0.25, 0.3) is 5.09 Å². The van der Waals surface area contributed by atoms with Crippen LogP contribution in [-0.4, -0.2) is 22.9 Å². The Morgan fingerprint density at radius 3 is 2.36 bits per heavy atom. The van der Waals surface area contributed by atoms with Crippen molar-refractivity contribution in [3.8, 4) is 0 Å². The molecule has 0 aliphatic carbocycles. The van der Waals surface area contributed by atoms with Crippen molar-refractivity contribution >= 4 is 5.96 Å². The summed E-state index contributed by atoms with van der Waals surface area (Å²) in [6.07, 6.45) is 0.969. The summed E-state index contributed by atoms with van der Waals surface area (Å²) in [5, 5.41) is 17.0. The maximum absolute atomic E-state index is 8.36. The van der Waals surface area contributed by atoms with Crippen LogP contribution in [0.2, 0.25) is 0 Å². The Morgan fingerprint density at radius 2 is 2.07 bits per heavy atom. The zero-order chi connectivity index (χ0) is 11.6. The second-order valence-corrected chi connectivity index (χ2v) is 2.77. The standard InChI is InChI=1S/C6H15N3O.HNO3/c1-5(2)3-4-10-9-6(7)8;2-1(3)4/h5H,3-4H2,1-2H3,(H4,7,8,9);(H,2,3,4). The summed E-state index contributed by atoms with van der Waals surface area (Å²) < 4.78 is 0. The van der Waals surface area contributed by atoms with Crippen molar-refractivity contribution in [3.05, 3.63) is 10.1 Å². The van der Waals surface area contributed by atoms with Crippen molar-refractivity contribution in [2.75, 3.05) is 6.61 Å². The highest BCUT2D eigenvalue weighted by Crippen LogP contribution is 1.98. The van der Waals surface area contributed by atoms with E-state index in [4.69, 9.17) is 31.6 Å². The minimum Gasteiger partial charge on any atom is -0.393 e. The van der Waals surface area contributed by atoms with Gasteiger partial charge in [0.1, 0.15) is 6.61 Å². The molecule has 0 aromatic carbocycles.